The monoisotopic (exact) mass is 474 g/mol. The van der Waals surface area contributed by atoms with E-state index in [0.717, 1.165) is 38.3 Å². The Bertz CT molecular complexity index is 1070. The van der Waals surface area contributed by atoms with E-state index in [9.17, 15) is 15.0 Å². The van der Waals surface area contributed by atoms with Crippen molar-refractivity contribution in [1.29, 1.82) is 0 Å². The van der Waals surface area contributed by atoms with Crippen molar-refractivity contribution in [1.82, 2.24) is 9.80 Å². The topological polar surface area (TPSA) is 73.2 Å². The zero-order valence-corrected chi connectivity index (χ0v) is 20.1. The van der Waals surface area contributed by atoms with Crippen LogP contribution >= 0.6 is 0 Å². The number of carbonyl (C=O) groups is 1. The number of carbonyl (C=O) groups excluding carboxylic acids is 1. The van der Waals surface area contributed by atoms with Gasteiger partial charge in [-0.05, 0) is 35.7 Å². The van der Waals surface area contributed by atoms with Crippen molar-refractivity contribution in [3.63, 3.8) is 0 Å². The SMILES string of the molecule is O=C(CCc1ccccc1)c1cc(O)ccc1OCC(O)CN1CCN(Cc2ccccc2)CC1. The number of hydrogen-bond donors (Lipinski definition) is 2. The number of aliphatic hydroxyl groups excluding tert-OH is 1. The zero-order valence-electron chi connectivity index (χ0n) is 20.1. The second kappa shape index (κ2) is 12.5. The van der Waals surface area contributed by atoms with E-state index in [4.69, 9.17) is 4.74 Å². The van der Waals surface area contributed by atoms with Gasteiger partial charge in [-0.3, -0.25) is 14.6 Å². The number of Topliss-reactive ketones (excluding diaryl/α,β-unsaturated/α-hetero) is 1. The Morgan fingerprint density at radius 2 is 1.49 bits per heavy atom. The van der Waals surface area contributed by atoms with E-state index in [0.29, 0.717) is 30.7 Å². The molecule has 0 aromatic heterocycles. The van der Waals surface area contributed by atoms with Gasteiger partial charge >= 0.3 is 0 Å². The van der Waals surface area contributed by atoms with Gasteiger partial charge in [0, 0.05) is 45.7 Å². The van der Waals surface area contributed by atoms with Crippen molar-refractivity contribution in [2.75, 3.05) is 39.3 Å². The average Bonchev–Trinajstić information content (AvgIpc) is 2.89. The summed E-state index contributed by atoms with van der Waals surface area (Å²) in [5.74, 6) is 0.325. The molecule has 0 amide bonds. The molecule has 3 aromatic rings. The number of β-amino-alcohol motifs (C(OH)–C–C–N with tert-alkyl or cyclic N) is 1. The van der Waals surface area contributed by atoms with Gasteiger partial charge in [0.15, 0.2) is 5.78 Å². The fourth-order valence-electron chi connectivity index (χ4n) is 4.41. The maximum atomic E-state index is 12.8. The van der Waals surface area contributed by atoms with Gasteiger partial charge in [-0.1, -0.05) is 60.7 Å². The fourth-order valence-corrected chi connectivity index (χ4v) is 4.41. The van der Waals surface area contributed by atoms with Crippen LogP contribution in [-0.4, -0.2) is 71.2 Å². The number of aryl methyl sites for hydroxylation is 1. The third-order valence-corrected chi connectivity index (χ3v) is 6.36. The number of aliphatic hydroxyl groups is 1. The Labute approximate surface area is 207 Å². The lowest BCUT2D eigenvalue weighted by Crippen LogP contribution is -2.48. The predicted octanol–water partition coefficient (Wildman–Crippen LogP) is 3.77. The fraction of sp³-hybridized carbons (Fsp3) is 0.345. The van der Waals surface area contributed by atoms with Gasteiger partial charge in [-0.25, -0.2) is 0 Å². The van der Waals surface area contributed by atoms with Crippen molar-refractivity contribution >= 4 is 5.78 Å². The number of nitrogens with zero attached hydrogens (tertiary/aromatic N) is 2. The predicted molar refractivity (Wildman–Crippen MR) is 137 cm³/mol. The summed E-state index contributed by atoms with van der Waals surface area (Å²) in [5, 5.41) is 20.5. The number of hydrogen-bond acceptors (Lipinski definition) is 6. The maximum absolute atomic E-state index is 12.8. The van der Waals surface area contributed by atoms with Crippen LogP contribution in [0.15, 0.2) is 78.9 Å². The number of ether oxygens (including phenoxy) is 1. The molecule has 1 aliphatic rings. The first kappa shape index (κ1) is 24.9. The molecular formula is C29H34N2O4. The van der Waals surface area contributed by atoms with Gasteiger partial charge in [0.1, 0.15) is 24.2 Å². The number of ketones is 1. The largest absolute Gasteiger partial charge is 0.508 e. The van der Waals surface area contributed by atoms with Crippen molar-refractivity contribution in [3.05, 3.63) is 95.6 Å². The van der Waals surface area contributed by atoms with Crippen LogP contribution in [0.5, 0.6) is 11.5 Å². The lowest BCUT2D eigenvalue weighted by atomic mass is 10.0. The van der Waals surface area contributed by atoms with Crippen LogP contribution < -0.4 is 4.74 Å². The first-order valence-electron chi connectivity index (χ1n) is 12.3. The standard InChI is InChI=1S/C29H34N2O4/c32-25-12-14-29(27(19-25)28(34)13-11-23-7-3-1-4-8-23)35-22-26(33)21-31-17-15-30(16-18-31)20-24-9-5-2-6-10-24/h1-10,12,14,19,26,32-33H,11,13,15-18,20-22H2. The first-order valence-corrected chi connectivity index (χ1v) is 12.3. The molecule has 1 atom stereocenters. The molecule has 0 aliphatic carbocycles. The average molecular weight is 475 g/mol. The number of rotatable bonds is 11. The quantitative estimate of drug-likeness (QED) is 0.412. The normalized spacial score (nSPS) is 15.6. The zero-order chi connectivity index (χ0) is 24.5. The highest BCUT2D eigenvalue weighted by atomic mass is 16.5. The summed E-state index contributed by atoms with van der Waals surface area (Å²) >= 11 is 0. The van der Waals surface area contributed by atoms with E-state index in [2.05, 4.69) is 34.1 Å². The molecule has 2 N–H and O–H groups in total. The van der Waals surface area contributed by atoms with Gasteiger partial charge in [0.2, 0.25) is 0 Å². The Hall–Kier alpha value is -3.19. The van der Waals surface area contributed by atoms with Crippen LogP contribution in [0.4, 0.5) is 0 Å². The molecule has 6 heteroatoms. The number of benzene rings is 3. The minimum absolute atomic E-state index is 0.0225. The van der Waals surface area contributed by atoms with Crippen molar-refractivity contribution in [3.8, 4) is 11.5 Å². The smallest absolute Gasteiger partial charge is 0.167 e. The Balaban J connectivity index is 1.24. The summed E-state index contributed by atoms with van der Waals surface area (Å²) in [7, 11) is 0. The van der Waals surface area contributed by atoms with Gasteiger partial charge < -0.3 is 14.9 Å². The number of phenols is 1. The summed E-state index contributed by atoms with van der Waals surface area (Å²) in [4.78, 5) is 17.5. The molecule has 1 saturated heterocycles. The number of phenolic OH excluding ortho intramolecular Hbond substituents is 1. The van der Waals surface area contributed by atoms with E-state index in [1.807, 2.05) is 36.4 Å². The number of piperazine rings is 1. The minimum Gasteiger partial charge on any atom is -0.508 e. The van der Waals surface area contributed by atoms with Gasteiger partial charge in [-0.2, -0.15) is 0 Å². The lowest BCUT2D eigenvalue weighted by molar-refractivity contribution is 0.0443. The molecule has 1 heterocycles. The molecule has 1 fully saturated rings. The lowest BCUT2D eigenvalue weighted by Gasteiger charge is -2.35. The first-order chi connectivity index (χ1) is 17.1. The van der Waals surface area contributed by atoms with Crippen LogP contribution in [0, 0.1) is 0 Å². The third-order valence-electron chi connectivity index (χ3n) is 6.36. The Kier molecular flexibility index (Phi) is 8.90. The molecular weight excluding hydrogens is 440 g/mol. The van der Waals surface area contributed by atoms with Crippen LogP contribution in [0.25, 0.3) is 0 Å². The molecule has 184 valence electrons. The highest BCUT2D eigenvalue weighted by Gasteiger charge is 2.20. The highest BCUT2D eigenvalue weighted by molar-refractivity contribution is 5.99. The Morgan fingerprint density at radius 3 is 2.17 bits per heavy atom. The van der Waals surface area contributed by atoms with Gasteiger partial charge in [0.25, 0.3) is 0 Å². The van der Waals surface area contributed by atoms with Crippen molar-refractivity contribution in [2.45, 2.75) is 25.5 Å². The molecule has 0 bridgehead atoms. The third kappa shape index (κ3) is 7.65. The van der Waals surface area contributed by atoms with E-state index in [1.165, 1.54) is 17.7 Å². The maximum Gasteiger partial charge on any atom is 0.167 e. The summed E-state index contributed by atoms with van der Waals surface area (Å²) in [6.45, 7) is 5.27. The van der Waals surface area contributed by atoms with Crippen LogP contribution in [0.1, 0.15) is 27.9 Å². The summed E-state index contributed by atoms with van der Waals surface area (Å²) in [6, 6.07) is 24.8. The summed E-state index contributed by atoms with van der Waals surface area (Å²) in [5.41, 5.74) is 2.75. The summed E-state index contributed by atoms with van der Waals surface area (Å²) < 4.78 is 5.85. The molecule has 4 rings (SSSR count). The Morgan fingerprint density at radius 1 is 0.857 bits per heavy atom. The molecule has 6 nitrogen and oxygen atoms in total. The second-order valence-corrected chi connectivity index (χ2v) is 9.12. The van der Waals surface area contributed by atoms with E-state index >= 15 is 0 Å². The molecule has 0 radical (unpaired) electrons. The van der Waals surface area contributed by atoms with E-state index in [1.54, 1.807) is 6.07 Å². The summed E-state index contributed by atoms with van der Waals surface area (Å²) in [6.07, 6.45) is 0.268. The van der Waals surface area contributed by atoms with Gasteiger partial charge in [0.05, 0.1) is 5.56 Å². The van der Waals surface area contributed by atoms with Crippen LogP contribution in [0.3, 0.4) is 0 Å². The highest BCUT2D eigenvalue weighted by Crippen LogP contribution is 2.26. The molecule has 0 spiro atoms. The number of aromatic hydroxyl groups is 1. The van der Waals surface area contributed by atoms with E-state index in [-0.39, 0.29) is 18.1 Å². The molecule has 0 saturated carbocycles. The van der Waals surface area contributed by atoms with Crippen molar-refractivity contribution < 1.29 is 19.7 Å². The van der Waals surface area contributed by atoms with E-state index < -0.39 is 6.10 Å². The van der Waals surface area contributed by atoms with Crippen LogP contribution in [-0.2, 0) is 13.0 Å². The molecule has 1 aliphatic heterocycles. The molecule has 1 unspecified atom stereocenters. The van der Waals surface area contributed by atoms with Crippen LogP contribution in [0.2, 0.25) is 0 Å². The van der Waals surface area contributed by atoms with Crippen molar-refractivity contribution in [2.24, 2.45) is 0 Å². The van der Waals surface area contributed by atoms with Gasteiger partial charge in [-0.15, -0.1) is 0 Å². The second-order valence-electron chi connectivity index (χ2n) is 9.12. The molecule has 3 aromatic carbocycles. The minimum atomic E-state index is -0.670. The molecule has 35 heavy (non-hydrogen) atoms.